The highest BCUT2D eigenvalue weighted by molar-refractivity contribution is 9.10. The third-order valence-corrected chi connectivity index (χ3v) is 2.38. The molecule has 2 rings (SSSR count). The standard InChI is InChI=1S/C10H8BrN3O2/c1-16-10(15)7-5-14(6-12-7)9-4-2-3-8(11)13-9/h2-6H,1H3. The Hall–Kier alpha value is -1.69. The molecular weight excluding hydrogens is 274 g/mol. The quantitative estimate of drug-likeness (QED) is 0.622. The van der Waals surface area contributed by atoms with Gasteiger partial charge in [-0.05, 0) is 28.1 Å². The second-order valence-corrected chi connectivity index (χ2v) is 3.79. The summed E-state index contributed by atoms with van der Waals surface area (Å²) in [7, 11) is 1.32. The number of hydrogen-bond donors (Lipinski definition) is 0. The molecule has 2 aromatic heterocycles. The molecule has 0 aliphatic rings. The molecule has 0 aromatic carbocycles. The summed E-state index contributed by atoms with van der Waals surface area (Å²) >= 11 is 3.27. The molecule has 0 saturated carbocycles. The first kappa shape index (κ1) is 10.8. The van der Waals surface area contributed by atoms with Crippen LogP contribution in [0.25, 0.3) is 5.82 Å². The van der Waals surface area contributed by atoms with Crippen LogP contribution in [0.5, 0.6) is 0 Å². The van der Waals surface area contributed by atoms with E-state index < -0.39 is 5.97 Å². The van der Waals surface area contributed by atoms with Crippen molar-refractivity contribution in [2.24, 2.45) is 0 Å². The van der Waals surface area contributed by atoms with Gasteiger partial charge in [0.05, 0.1) is 7.11 Å². The van der Waals surface area contributed by atoms with Crippen LogP contribution in [-0.4, -0.2) is 27.6 Å². The molecule has 5 nitrogen and oxygen atoms in total. The molecule has 0 amide bonds. The minimum absolute atomic E-state index is 0.254. The van der Waals surface area contributed by atoms with E-state index in [9.17, 15) is 4.79 Å². The molecule has 0 aliphatic carbocycles. The second kappa shape index (κ2) is 4.44. The number of methoxy groups -OCH3 is 1. The number of imidazole rings is 1. The fraction of sp³-hybridized carbons (Fsp3) is 0.100. The van der Waals surface area contributed by atoms with Gasteiger partial charge in [-0.2, -0.15) is 0 Å². The van der Waals surface area contributed by atoms with Gasteiger partial charge in [-0.1, -0.05) is 6.07 Å². The van der Waals surface area contributed by atoms with Crippen LogP contribution >= 0.6 is 15.9 Å². The van der Waals surface area contributed by atoms with Crippen molar-refractivity contribution >= 4 is 21.9 Å². The number of carbonyl (C=O) groups excluding carboxylic acids is 1. The molecule has 0 unspecified atom stereocenters. The van der Waals surface area contributed by atoms with Crippen LogP contribution < -0.4 is 0 Å². The van der Waals surface area contributed by atoms with Gasteiger partial charge in [0.25, 0.3) is 0 Å². The molecule has 16 heavy (non-hydrogen) atoms. The Morgan fingerprint density at radius 2 is 2.31 bits per heavy atom. The first-order valence-corrected chi connectivity index (χ1v) is 5.25. The van der Waals surface area contributed by atoms with Gasteiger partial charge in [0.1, 0.15) is 16.7 Å². The van der Waals surface area contributed by atoms with Gasteiger partial charge in [-0.25, -0.2) is 14.8 Å². The van der Waals surface area contributed by atoms with Crippen molar-refractivity contribution in [3.05, 3.63) is 41.0 Å². The zero-order valence-electron chi connectivity index (χ0n) is 8.42. The van der Waals surface area contributed by atoms with Gasteiger partial charge in [0, 0.05) is 6.20 Å². The molecule has 82 valence electrons. The van der Waals surface area contributed by atoms with Crippen molar-refractivity contribution in [3.63, 3.8) is 0 Å². The number of halogens is 1. The van der Waals surface area contributed by atoms with Crippen molar-refractivity contribution in [1.29, 1.82) is 0 Å². The molecule has 0 aliphatic heterocycles. The number of pyridine rings is 1. The number of hydrogen-bond acceptors (Lipinski definition) is 4. The summed E-state index contributed by atoms with van der Waals surface area (Å²) in [4.78, 5) is 19.4. The van der Waals surface area contributed by atoms with E-state index >= 15 is 0 Å². The first-order valence-electron chi connectivity index (χ1n) is 4.46. The Labute approximate surface area is 100 Å². The van der Waals surface area contributed by atoms with Crippen LogP contribution in [0, 0.1) is 0 Å². The van der Waals surface area contributed by atoms with Crippen molar-refractivity contribution in [2.75, 3.05) is 7.11 Å². The number of ether oxygens (including phenoxy) is 1. The Morgan fingerprint density at radius 1 is 1.50 bits per heavy atom. The van der Waals surface area contributed by atoms with Gasteiger partial charge in [-0.15, -0.1) is 0 Å². The molecule has 2 heterocycles. The lowest BCUT2D eigenvalue weighted by atomic mass is 10.4. The highest BCUT2D eigenvalue weighted by Crippen LogP contribution is 2.11. The second-order valence-electron chi connectivity index (χ2n) is 2.98. The number of esters is 1. The lowest BCUT2D eigenvalue weighted by molar-refractivity contribution is 0.0594. The van der Waals surface area contributed by atoms with Crippen LogP contribution in [-0.2, 0) is 4.74 Å². The monoisotopic (exact) mass is 281 g/mol. The molecule has 0 N–H and O–H groups in total. The van der Waals surface area contributed by atoms with E-state index in [1.807, 2.05) is 18.2 Å². The van der Waals surface area contributed by atoms with E-state index in [0.717, 1.165) is 4.60 Å². The summed E-state index contributed by atoms with van der Waals surface area (Å²) in [5.41, 5.74) is 0.254. The van der Waals surface area contributed by atoms with E-state index in [4.69, 9.17) is 0 Å². The highest BCUT2D eigenvalue weighted by Gasteiger charge is 2.09. The van der Waals surface area contributed by atoms with Crippen LogP contribution in [0.15, 0.2) is 35.3 Å². The van der Waals surface area contributed by atoms with E-state index in [1.165, 1.54) is 13.4 Å². The Kier molecular flexibility index (Phi) is 3.00. The number of rotatable bonds is 2. The average Bonchev–Trinajstić information content (AvgIpc) is 2.77. The molecule has 0 atom stereocenters. The normalized spacial score (nSPS) is 10.1. The Bertz CT molecular complexity index is 524. The van der Waals surface area contributed by atoms with Gasteiger partial charge in [-0.3, -0.25) is 4.57 Å². The summed E-state index contributed by atoms with van der Waals surface area (Å²) in [5.74, 6) is 0.214. The predicted octanol–water partition coefficient (Wildman–Crippen LogP) is 1.82. The van der Waals surface area contributed by atoms with Gasteiger partial charge in [0.2, 0.25) is 0 Å². The average molecular weight is 282 g/mol. The zero-order chi connectivity index (χ0) is 11.5. The van der Waals surface area contributed by atoms with E-state index in [1.54, 1.807) is 10.8 Å². The fourth-order valence-electron chi connectivity index (χ4n) is 1.20. The molecule has 6 heteroatoms. The third kappa shape index (κ3) is 2.11. The van der Waals surface area contributed by atoms with E-state index in [-0.39, 0.29) is 5.69 Å². The third-order valence-electron chi connectivity index (χ3n) is 1.94. The van der Waals surface area contributed by atoms with E-state index in [0.29, 0.717) is 5.82 Å². The molecule has 0 spiro atoms. The van der Waals surface area contributed by atoms with Crippen LogP contribution in [0.3, 0.4) is 0 Å². The summed E-state index contributed by atoms with van der Waals surface area (Å²) in [6, 6.07) is 5.49. The zero-order valence-corrected chi connectivity index (χ0v) is 10.0. The Balaban J connectivity index is 2.35. The summed E-state index contributed by atoms with van der Waals surface area (Å²) in [5, 5.41) is 0. The van der Waals surface area contributed by atoms with Crippen molar-refractivity contribution in [1.82, 2.24) is 14.5 Å². The molecule has 0 fully saturated rings. The number of aromatic nitrogens is 3. The minimum Gasteiger partial charge on any atom is -0.464 e. The van der Waals surface area contributed by atoms with Crippen LogP contribution in [0.1, 0.15) is 10.5 Å². The Morgan fingerprint density at radius 3 is 3.00 bits per heavy atom. The molecule has 0 bridgehead atoms. The van der Waals surface area contributed by atoms with Crippen molar-refractivity contribution < 1.29 is 9.53 Å². The van der Waals surface area contributed by atoms with Crippen LogP contribution in [0.2, 0.25) is 0 Å². The fourth-order valence-corrected chi connectivity index (χ4v) is 1.53. The topological polar surface area (TPSA) is 57.0 Å². The van der Waals surface area contributed by atoms with Crippen molar-refractivity contribution in [3.8, 4) is 5.82 Å². The van der Waals surface area contributed by atoms with Crippen LogP contribution in [0.4, 0.5) is 0 Å². The highest BCUT2D eigenvalue weighted by atomic mass is 79.9. The minimum atomic E-state index is -0.464. The summed E-state index contributed by atoms with van der Waals surface area (Å²) in [6.07, 6.45) is 3.08. The SMILES string of the molecule is COC(=O)c1cn(-c2cccc(Br)n2)cn1. The van der Waals surface area contributed by atoms with E-state index in [2.05, 4.69) is 30.6 Å². The molecular formula is C10H8BrN3O2. The number of carbonyl (C=O) groups is 1. The van der Waals surface area contributed by atoms with Crippen molar-refractivity contribution in [2.45, 2.75) is 0 Å². The summed E-state index contributed by atoms with van der Waals surface area (Å²) in [6.45, 7) is 0. The smallest absolute Gasteiger partial charge is 0.358 e. The maximum absolute atomic E-state index is 11.2. The molecule has 0 saturated heterocycles. The van der Waals surface area contributed by atoms with Gasteiger partial charge in [0.15, 0.2) is 5.69 Å². The molecule has 0 radical (unpaired) electrons. The lowest BCUT2D eigenvalue weighted by Crippen LogP contribution is -2.01. The maximum Gasteiger partial charge on any atom is 0.358 e. The van der Waals surface area contributed by atoms with Gasteiger partial charge >= 0.3 is 5.97 Å². The first-order chi connectivity index (χ1) is 7.70. The number of nitrogens with zero attached hydrogens (tertiary/aromatic N) is 3. The summed E-state index contributed by atoms with van der Waals surface area (Å²) < 4.78 is 6.94. The lowest BCUT2D eigenvalue weighted by Gasteiger charge is -1.99. The maximum atomic E-state index is 11.2. The predicted molar refractivity (Wildman–Crippen MR) is 60.4 cm³/mol. The van der Waals surface area contributed by atoms with Gasteiger partial charge < -0.3 is 4.74 Å². The molecule has 2 aromatic rings. The largest absolute Gasteiger partial charge is 0.464 e.